The quantitative estimate of drug-likeness (QED) is 0.197. The van der Waals surface area contributed by atoms with Crippen LogP contribution >= 0.6 is 0 Å². The minimum absolute atomic E-state index is 0.554. The van der Waals surface area contributed by atoms with Crippen molar-refractivity contribution in [3.05, 3.63) is 185 Å². The molecule has 0 bridgehead atoms. The molecule has 5 nitrogen and oxygen atoms in total. The molecule has 8 rings (SSSR count). The van der Waals surface area contributed by atoms with Gasteiger partial charge in [-0.15, -0.1) is 0 Å². The smallest absolute Gasteiger partial charge is 0.160 e. The van der Waals surface area contributed by atoms with Crippen LogP contribution in [0.3, 0.4) is 0 Å². The van der Waals surface area contributed by atoms with E-state index in [2.05, 4.69) is 102 Å². The molecule has 0 radical (unpaired) electrons. The van der Waals surface area contributed by atoms with Crippen LogP contribution in [0.4, 0.5) is 0 Å². The lowest BCUT2D eigenvalue weighted by molar-refractivity contribution is 0.766. The number of fused-ring (bicyclic) bond motifs is 3. The van der Waals surface area contributed by atoms with Crippen LogP contribution in [0.2, 0.25) is 0 Å². The Labute approximate surface area is 272 Å². The van der Waals surface area contributed by atoms with Crippen molar-refractivity contribution in [2.24, 2.45) is 0 Å². The van der Waals surface area contributed by atoms with Gasteiger partial charge in [0.25, 0.3) is 0 Å². The Morgan fingerprint density at radius 2 is 1.02 bits per heavy atom. The molecule has 0 fully saturated rings. The average Bonchev–Trinajstić information content (AvgIpc) is 3.46. The second-order valence-electron chi connectivity index (χ2n) is 11.5. The standard InChI is InChI=1S/C42H25N5/c43-26-28-10-14-30(15-11-28)39-25-40(47-41(46-39)31-16-12-29(27-44)13-17-31)32-18-19-36-35-8-4-5-9-37(35)42(38(36)24-32,33-6-2-1-3-7-33)34-20-22-45-23-21-34/h1-25H. The number of benzene rings is 5. The average molecular weight is 600 g/mol. The molecule has 5 heteroatoms. The molecule has 1 atom stereocenters. The maximum atomic E-state index is 9.37. The third-order valence-electron chi connectivity index (χ3n) is 8.97. The van der Waals surface area contributed by atoms with E-state index >= 15 is 0 Å². The Balaban J connectivity index is 1.38. The highest BCUT2D eigenvalue weighted by molar-refractivity contribution is 5.88. The van der Waals surface area contributed by atoms with Crippen molar-refractivity contribution in [2.75, 3.05) is 0 Å². The molecule has 1 aliphatic rings. The monoisotopic (exact) mass is 599 g/mol. The Hall–Kier alpha value is -6.69. The van der Waals surface area contributed by atoms with E-state index in [4.69, 9.17) is 9.97 Å². The van der Waals surface area contributed by atoms with Gasteiger partial charge in [-0.1, -0.05) is 78.9 Å². The molecule has 0 spiro atoms. The summed E-state index contributed by atoms with van der Waals surface area (Å²) in [5.41, 5.74) is 11.9. The Morgan fingerprint density at radius 1 is 0.468 bits per heavy atom. The number of hydrogen-bond acceptors (Lipinski definition) is 5. The molecule has 0 saturated carbocycles. The fourth-order valence-corrected chi connectivity index (χ4v) is 6.80. The maximum Gasteiger partial charge on any atom is 0.160 e. The van der Waals surface area contributed by atoms with Crippen LogP contribution in [-0.2, 0) is 5.41 Å². The van der Waals surface area contributed by atoms with Crippen LogP contribution in [0.5, 0.6) is 0 Å². The lowest BCUT2D eigenvalue weighted by Crippen LogP contribution is -2.28. The van der Waals surface area contributed by atoms with Gasteiger partial charge in [-0.25, -0.2) is 9.97 Å². The summed E-state index contributed by atoms with van der Waals surface area (Å²) in [4.78, 5) is 14.4. The largest absolute Gasteiger partial charge is 0.265 e. The van der Waals surface area contributed by atoms with E-state index in [1.54, 1.807) is 24.3 Å². The van der Waals surface area contributed by atoms with Crippen molar-refractivity contribution in [2.45, 2.75) is 5.41 Å². The topological polar surface area (TPSA) is 86.2 Å². The van der Waals surface area contributed by atoms with Gasteiger partial charge in [0.15, 0.2) is 5.82 Å². The van der Waals surface area contributed by atoms with Crippen molar-refractivity contribution in [1.29, 1.82) is 10.5 Å². The highest BCUT2D eigenvalue weighted by Crippen LogP contribution is 2.56. The van der Waals surface area contributed by atoms with Gasteiger partial charge in [-0.05, 0) is 94.0 Å². The predicted molar refractivity (Wildman–Crippen MR) is 183 cm³/mol. The molecule has 0 aliphatic heterocycles. The summed E-state index contributed by atoms with van der Waals surface area (Å²) >= 11 is 0. The van der Waals surface area contributed by atoms with Crippen molar-refractivity contribution < 1.29 is 0 Å². The third-order valence-corrected chi connectivity index (χ3v) is 8.97. The summed E-state index contributed by atoms with van der Waals surface area (Å²) in [6, 6.07) is 51.3. The van der Waals surface area contributed by atoms with E-state index in [1.807, 2.05) is 42.7 Å². The summed E-state index contributed by atoms with van der Waals surface area (Å²) in [7, 11) is 0. The zero-order valence-electron chi connectivity index (χ0n) is 25.2. The number of nitrogens with zero attached hydrogens (tertiary/aromatic N) is 5. The van der Waals surface area contributed by atoms with Gasteiger partial charge in [0, 0.05) is 29.1 Å². The number of rotatable bonds is 5. The molecule has 218 valence electrons. The van der Waals surface area contributed by atoms with Crippen LogP contribution in [0.1, 0.15) is 33.4 Å². The van der Waals surface area contributed by atoms with Crippen LogP contribution in [0.15, 0.2) is 152 Å². The van der Waals surface area contributed by atoms with Crippen LogP contribution in [-0.4, -0.2) is 15.0 Å². The van der Waals surface area contributed by atoms with Crippen molar-refractivity contribution in [1.82, 2.24) is 15.0 Å². The molecule has 7 aromatic rings. The molecule has 1 aliphatic carbocycles. The fraction of sp³-hybridized carbons (Fsp3) is 0.0238. The van der Waals surface area contributed by atoms with Crippen molar-refractivity contribution in [3.8, 4) is 57.2 Å². The molecule has 0 N–H and O–H groups in total. The first-order chi connectivity index (χ1) is 23.2. The third kappa shape index (κ3) is 4.58. The van der Waals surface area contributed by atoms with E-state index < -0.39 is 5.41 Å². The van der Waals surface area contributed by atoms with Gasteiger partial charge in [0.2, 0.25) is 0 Å². The molecular weight excluding hydrogens is 574 g/mol. The number of pyridine rings is 1. The second kappa shape index (κ2) is 11.3. The van der Waals surface area contributed by atoms with Crippen LogP contribution in [0, 0.1) is 22.7 Å². The van der Waals surface area contributed by atoms with Crippen molar-refractivity contribution in [3.63, 3.8) is 0 Å². The van der Waals surface area contributed by atoms with E-state index in [9.17, 15) is 10.5 Å². The number of nitriles is 2. The van der Waals surface area contributed by atoms with E-state index in [0.717, 1.165) is 33.6 Å². The first-order valence-corrected chi connectivity index (χ1v) is 15.3. The molecule has 47 heavy (non-hydrogen) atoms. The Morgan fingerprint density at radius 3 is 1.70 bits per heavy atom. The lowest BCUT2D eigenvalue weighted by Gasteiger charge is -2.33. The summed E-state index contributed by atoms with van der Waals surface area (Å²) in [5.74, 6) is 0.554. The van der Waals surface area contributed by atoms with Gasteiger partial charge in [-0.3, -0.25) is 4.98 Å². The summed E-state index contributed by atoms with van der Waals surface area (Å²) < 4.78 is 0. The first-order valence-electron chi connectivity index (χ1n) is 15.3. The molecule has 0 amide bonds. The predicted octanol–water partition coefficient (Wildman–Crippen LogP) is 8.98. The Bertz CT molecular complexity index is 2230. The van der Waals surface area contributed by atoms with Gasteiger partial charge in [0.05, 0.1) is 40.1 Å². The summed E-state index contributed by atoms with van der Waals surface area (Å²) in [6.07, 6.45) is 3.73. The minimum Gasteiger partial charge on any atom is -0.265 e. The fourth-order valence-electron chi connectivity index (χ4n) is 6.80. The summed E-state index contributed by atoms with van der Waals surface area (Å²) in [6.45, 7) is 0. The molecule has 5 aromatic carbocycles. The van der Waals surface area contributed by atoms with E-state index in [1.165, 1.54) is 27.8 Å². The zero-order chi connectivity index (χ0) is 31.8. The second-order valence-corrected chi connectivity index (χ2v) is 11.5. The molecule has 0 saturated heterocycles. The van der Waals surface area contributed by atoms with Crippen molar-refractivity contribution >= 4 is 0 Å². The van der Waals surface area contributed by atoms with E-state index in [0.29, 0.717) is 17.0 Å². The Kier molecular flexibility index (Phi) is 6.72. The first kappa shape index (κ1) is 27.8. The number of hydrogen-bond donors (Lipinski definition) is 0. The van der Waals surface area contributed by atoms with Gasteiger partial charge >= 0.3 is 0 Å². The molecule has 2 heterocycles. The normalized spacial score (nSPS) is 14.4. The van der Waals surface area contributed by atoms with Crippen LogP contribution in [0.25, 0.3) is 45.0 Å². The lowest BCUT2D eigenvalue weighted by atomic mass is 9.67. The van der Waals surface area contributed by atoms with Gasteiger partial charge in [-0.2, -0.15) is 10.5 Å². The minimum atomic E-state index is -0.564. The highest BCUT2D eigenvalue weighted by atomic mass is 14.9. The zero-order valence-corrected chi connectivity index (χ0v) is 25.2. The SMILES string of the molecule is N#Cc1ccc(-c2cc(-c3ccc4c(c3)C(c3ccccc3)(c3ccncc3)c3ccccc3-4)nc(-c3ccc(C#N)cc3)n2)cc1. The van der Waals surface area contributed by atoms with Gasteiger partial charge in [0.1, 0.15) is 0 Å². The molecular formula is C42H25N5. The van der Waals surface area contributed by atoms with Crippen LogP contribution < -0.4 is 0 Å². The van der Waals surface area contributed by atoms with E-state index in [-0.39, 0.29) is 0 Å². The maximum absolute atomic E-state index is 9.37. The molecule has 2 aromatic heterocycles. The summed E-state index contributed by atoms with van der Waals surface area (Å²) in [5, 5.41) is 18.7. The number of aromatic nitrogens is 3. The van der Waals surface area contributed by atoms with Gasteiger partial charge < -0.3 is 0 Å². The highest BCUT2D eigenvalue weighted by Gasteiger charge is 2.46. The molecule has 1 unspecified atom stereocenters.